The van der Waals surface area contributed by atoms with Crippen LogP contribution in [0.4, 0.5) is 5.82 Å². The van der Waals surface area contributed by atoms with E-state index in [9.17, 15) is 9.59 Å². The smallest absolute Gasteiger partial charge is 0.251 e. The lowest BCUT2D eigenvalue weighted by Gasteiger charge is -2.08. The Kier molecular flexibility index (Phi) is 4.92. The predicted molar refractivity (Wildman–Crippen MR) is 76.5 cm³/mol. The number of nitrogens with zero attached hydrogens (tertiary/aromatic N) is 1. The molecule has 2 rings (SSSR count). The quantitative estimate of drug-likeness (QED) is 0.642. The fourth-order valence-corrected chi connectivity index (χ4v) is 1.80. The summed E-state index contributed by atoms with van der Waals surface area (Å²) in [5.74, 6) is 0.820. The SMILES string of the molecule is CCNc1cc(C(=O)NCCNC(=O)C2CC2)ccn1. The van der Waals surface area contributed by atoms with Crippen molar-refractivity contribution in [3.05, 3.63) is 23.9 Å². The van der Waals surface area contributed by atoms with Gasteiger partial charge in [0, 0.05) is 37.3 Å². The highest BCUT2D eigenvalue weighted by molar-refractivity contribution is 5.94. The Morgan fingerprint density at radius 1 is 1.30 bits per heavy atom. The molecule has 1 aromatic rings. The molecule has 1 aliphatic carbocycles. The van der Waals surface area contributed by atoms with E-state index >= 15 is 0 Å². The van der Waals surface area contributed by atoms with Gasteiger partial charge >= 0.3 is 0 Å². The van der Waals surface area contributed by atoms with Gasteiger partial charge in [0.2, 0.25) is 5.91 Å². The minimum atomic E-state index is -0.160. The van der Waals surface area contributed by atoms with Gasteiger partial charge in [-0.3, -0.25) is 9.59 Å². The lowest BCUT2D eigenvalue weighted by molar-refractivity contribution is -0.122. The molecule has 0 aliphatic heterocycles. The summed E-state index contributed by atoms with van der Waals surface area (Å²) >= 11 is 0. The fourth-order valence-electron chi connectivity index (χ4n) is 1.80. The number of anilines is 1. The van der Waals surface area contributed by atoms with E-state index in [0.29, 0.717) is 24.5 Å². The van der Waals surface area contributed by atoms with Crippen molar-refractivity contribution >= 4 is 17.6 Å². The molecule has 2 amide bonds. The Morgan fingerprint density at radius 3 is 2.75 bits per heavy atom. The van der Waals surface area contributed by atoms with Crippen LogP contribution in [0.15, 0.2) is 18.3 Å². The van der Waals surface area contributed by atoms with Gasteiger partial charge in [-0.25, -0.2) is 4.98 Å². The summed E-state index contributed by atoms with van der Waals surface area (Å²) in [7, 11) is 0. The summed E-state index contributed by atoms with van der Waals surface area (Å²) in [6.07, 6.45) is 3.58. The predicted octanol–water partition coefficient (Wildman–Crippen LogP) is 0.769. The maximum atomic E-state index is 11.9. The van der Waals surface area contributed by atoms with E-state index in [2.05, 4.69) is 20.9 Å². The lowest BCUT2D eigenvalue weighted by atomic mass is 10.2. The highest BCUT2D eigenvalue weighted by Crippen LogP contribution is 2.28. The summed E-state index contributed by atoms with van der Waals surface area (Å²) in [5.41, 5.74) is 0.560. The van der Waals surface area contributed by atoms with Crippen LogP contribution in [0.25, 0.3) is 0 Å². The second kappa shape index (κ2) is 6.88. The number of amides is 2. The second-order valence-corrected chi connectivity index (χ2v) is 4.78. The van der Waals surface area contributed by atoms with E-state index in [4.69, 9.17) is 0 Å². The first kappa shape index (κ1) is 14.3. The van der Waals surface area contributed by atoms with E-state index in [1.54, 1.807) is 18.3 Å². The van der Waals surface area contributed by atoms with Gasteiger partial charge in [0.05, 0.1) is 0 Å². The molecule has 20 heavy (non-hydrogen) atoms. The van der Waals surface area contributed by atoms with Gasteiger partial charge in [0.15, 0.2) is 0 Å². The number of carbonyl (C=O) groups is 2. The monoisotopic (exact) mass is 276 g/mol. The van der Waals surface area contributed by atoms with Gasteiger partial charge in [-0.1, -0.05) is 0 Å². The Hall–Kier alpha value is -2.11. The van der Waals surface area contributed by atoms with Crippen molar-refractivity contribution in [1.29, 1.82) is 0 Å². The Labute approximate surface area is 118 Å². The molecule has 6 heteroatoms. The maximum Gasteiger partial charge on any atom is 0.251 e. The number of carbonyl (C=O) groups excluding carboxylic acids is 2. The average Bonchev–Trinajstić information content (AvgIpc) is 3.28. The molecular formula is C14H20N4O2. The zero-order chi connectivity index (χ0) is 14.4. The summed E-state index contributed by atoms with van der Waals surface area (Å²) in [6, 6.07) is 3.38. The van der Waals surface area contributed by atoms with Gasteiger partial charge in [-0.15, -0.1) is 0 Å². The third kappa shape index (κ3) is 4.22. The maximum absolute atomic E-state index is 11.9. The van der Waals surface area contributed by atoms with Gasteiger partial charge in [0.1, 0.15) is 5.82 Å². The van der Waals surface area contributed by atoms with Crippen LogP contribution in [0.5, 0.6) is 0 Å². The van der Waals surface area contributed by atoms with Gasteiger partial charge in [0.25, 0.3) is 5.91 Å². The van der Waals surface area contributed by atoms with Crippen molar-refractivity contribution in [3.63, 3.8) is 0 Å². The number of hydrogen-bond donors (Lipinski definition) is 3. The first-order chi connectivity index (χ1) is 9.70. The minimum Gasteiger partial charge on any atom is -0.370 e. The first-order valence-electron chi connectivity index (χ1n) is 6.96. The molecule has 108 valence electrons. The third-order valence-corrected chi connectivity index (χ3v) is 3.04. The molecule has 0 radical (unpaired) electrons. The summed E-state index contributed by atoms with van der Waals surface area (Å²) in [5, 5.41) is 8.63. The lowest BCUT2D eigenvalue weighted by Crippen LogP contribution is -2.35. The van der Waals surface area contributed by atoms with Crippen LogP contribution in [-0.4, -0.2) is 36.4 Å². The largest absolute Gasteiger partial charge is 0.370 e. The van der Waals surface area contributed by atoms with Crippen LogP contribution in [0.1, 0.15) is 30.1 Å². The molecule has 0 saturated heterocycles. The number of rotatable bonds is 7. The topological polar surface area (TPSA) is 83.1 Å². The Bertz CT molecular complexity index is 486. The third-order valence-electron chi connectivity index (χ3n) is 3.04. The summed E-state index contributed by atoms with van der Waals surface area (Å²) in [6.45, 7) is 3.62. The van der Waals surface area contributed by atoms with E-state index in [-0.39, 0.29) is 17.7 Å². The van der Waals surface area contributed by atoms with Crippen molar-refractivity contribution in [3.8, 4) is 0 Å². The van der Waals surface area contributed by atoms with Gasteiger partial charge in [-0.05, 0) is 31.9 Å². The van der Waals surface area contributed by atoms with Crippen LogP contribution in [0, 0.1) is 5.92 Å². The van der Waals surface area contributed by atoms with E-state index in [0.717, 1.165) is 19.4 Å². The average molecular weight is 276 g/mol. The molecule has 3 N–H and O–H groups in total. The van der Waals surface area contributed by atoms with Crippen LogP contribution in [0.2, 0.25) is 0 Å². The Morgan fingerprint density at radius 2 is 2.05 bits per heavy atom. The van der Waals surface area contributed by atoms with Gasteiger partial charge < -0.3 is 16.0 Å². The van der Waals surface area contributed by atoms with Crippen LogP contribution in [-0.2, 0) is 4.79 Å². The highest BCUT2D eigenvalue weighted by Gasteiger charge is 2.28. The molecule has 6 nitrogen and oxygen atoms in total. The number of aromatic nitrogens is 1. The van der Waals surface area contributed by atoms with E-state index in [1.807, 2.05) is 6.92 Å². The molecule has 1 heterocycles. The normalized spacial score (nSPS) is 13.7. The number of hydrogen-bond acceptors (Lipinski definition) is 4. The zero-order valence-corrected chi connectivity index (χ0v) is 11.6. The number of nitrogens with one attached hydrogen (secondary N) is 3. The fraction of sp³-hybridized carbons (Fsp3) is 0.500. The highest BCUT2D eigenvalue weighted by atomic mass is 16.2. The van der Waals surface area contributed by atoms with Crippen LogP contribution in [0.3, 0.4) is 0 Å². The van der Waals surface area contributed by atoms with E-state index in [1.165, 1.54) is 0 Å². The standard InChI is InChI=1S/C14H20N4O2/c1-2-15-12-9-11(5-6-16-12)14(20)18-8-7-17-13(19)10-3-4-10/h5-6,9-10H,2-4,7-8H2,1H3,(H,15,16)(H,17,19)(H,18,20). The minimum absolute atomic E-state index is 0.0950. The molecule has 1 fully saturated rings. The molecule has 1 saturated carbocycles. The molecule has 1 aromatic heterocycles. The van der Waals surface area contributed by atoms with E-state index < -0.39 is 0 Å². The van der Waals surface area contributed by atoms with Crippen LogP contribution < -0.4 is 16.0 Å². The Balaban J connectivity index is 1.73. The molecular weight excluding hydrogens is 256 g/mol. The second-order valence-electron chi connectivity index (χ2n) is 4.78. The van der Waals surface area contributed by atoms with Crippen molar-refractivity contribution < 1.29 is 9.59 Å². The molecule has 0 unspecified atom stereocenters. The molecule has 0 spiro atoms. The number of pyridine rings is 1. The first-order valence-corrected chi connectivity index (χ1v) is 6.96. The summed E-state index contributed by atoms with van der Waals surface area (Å²) < 4.78 is 0. The van der Waals surface area contributed by atoms with Crippen molar-refractivity contribution in [2.75, 3.05) is 25.0 Å². The van der Waals surface area contributed by atoms with Gasteiger partial charge in [-0.2, -0.15) is 0 Å². The van der Waals surface area contributed by atoms with Crippen LogP contribution >= 0.6 is 0 Å². The zero-order valence-electron chi connectivity index (χ0n) is 11.6. The molecule has 0 aromatic carbocycles. The van der Waals surface area contributed by atoms with Crippen molar-refractivity contribution in [1.82, 2.24) is 15.6 Å². The summed E-state index contributed by atoms with van der Waals surface area (Å²) in [4.78, 5) is 27.4. The molecule has 0 bridgehead atoms. The van der Waals surface area contributed by atoms with Crippen molar-refractivity contribution in [2.24, 2.45) is 5.92 Å². The molecule has 1 aliphatic rings. The van der Waals surface area contributed by atoms with Crippen molar-refractivity contribution in [2.45, 2.75) is 19.8 Å². The molecule has 0 atom stereocenters.